The Balaban J connectivity index is 1.11. The van der Waals surface area contributed by atoms with E-state index in [-0.39, 0.29) is 5.43 Å². The predicted octanol–water partition coefficient (Wildman–Crippen LogP) is 11.1. The monoisotopic (exact) mass is 587 g/mol. The number of hydrogen-bond acceptors (Lipinski definition) is 2. The van der Waals surface area contributed by atoms with Gasteiger partial charge in [0.15, 0.2) is 0 Å². The van der Waals surface area contributed by atoms with Crippen LogP contribution in [0.4, 0.5) is 0 Å². The normalized spacial score (nSPS) is 12.0. The summed E-state index contributed by atoms with van der Waals surface area (Å²) in [5, 5.41) is 6.33. The second-order valence-corrected chi connectivity index (χ2v) is 12.1. The van der Waals surface area contributed by atoms with Crippen molar-refractivity contribution >= 4 is 60.0 Å². The number of para-hydroxylation sites is 3. The third kappa shape index (κ3) is 3.51. The Labute approximate surface area is 263 Å². The molecule has 0 N–H and O–H groups in total. The largest absolute Gasteiger partial charge is 0.456 e. The lowest BCUT2D eigenvalue weighted by atomic mass is 9.94. The molecule has 7 aromatic carbocycles. The van der Waals surface area contributed by atoms with E-state index in [0.717, 1.165) is 22.3 Å². The fourth-order valence-electron chi connectivity index (χ4n) is 7.45. The van der Waals surface area contributed by atoms with Gasteiger partial charge in [-0.25, -0.2) is 0 Å². The van der Waals surface area contributed by atoms with Crippen LogP contribution < -0.4 is 5.43 Å². The zero-order chi connectivity index (χ0) is 30.4. The lowest BCUT2D eigenvalue weighted by Gasteiger charge is -2.10. The van der Waals surface area contributed by atoms with Crippen LogP contribution in [0, 0.1) is 0 Å². The number of fused-ring (bicyclic) bond motifs is 8. The van der Waals surface area contributed by atoms with E-state index in [1.807, 2.05) is 42.5 Å². The van der Waals surface area contributed by atoms with Gasteiger partial charge in [-0.05, 0) is 81.9 Å². The molecule has 0 radical (unpaired) electrons. The van der Waals surface area contributed by atoms with Gasteiger partial charge in [0.1, 0.15) is 11.2 Å². The van der Waals surface area contributed by atoms with Gasteiger partial charge in [-0.15, -0.1) is 0 Å². The van der Waals surface area contributed by atoms with Crippen LogP contribution in [0.25, 0.3) is 93.4 Å². The van der Waals surface area contributed by atoms with Gasteiger partial charge in [0.25, 0.3) is 0 Å². The minimum atomic E-state index is -0.00615. The van der Waals surface area contributed by atoms with E-state index in [9.17, 15) is 4.79 Å². The molecule has 0 bridgehead atoms. The van der Waals surface area contributed by atoms with Crippen LogP contribution in [-0.2, 0) is 0 Å². The van der Waals surface area contributed by atoms with Crippen LogP contribution in [0.3, 0.4) is 0 Å². The summed E-state index contributed by atoms with van der Waals surface area (Å²) in [6.45, 7) is 0. The number of benzene rings is 7. The van der Waals surface area contributed by atoms with Crippen LogP contribution >= 0.6 is 0 Å². The highest BCUT2D eigenvalue weighted by Crippen LogP contribution is 2.43. The molecule has 0 aliphatic carbocycles. The Bertz CT molecular complexity index is 2890. The van der Waals surface area contributed by atoms with Crippen LogP contribution in [0.2, 0.25) is 0 Å². The van der Waals surface area contributed by atoms with Crippen molar-refractivity contribution in [1.29, 1.82) is 0 Å². The van der Waals surface area contributed by atoms with Gasteiger partial charge < -0.3 is 8.82 Å². The fraction of sp³-hybridized carbons (Fsp3) is 0. The highest BCUT2D eigenvalue weighted by molar-refractivity contribution is 6.25. The molecule has 10 rings (SSSR count). The Kier molecular flexibility index (Phi) is 5.15. The van der Waals surface area contributed by atoms with Gasteiger partial charge in [0, 0.05) is 21.5 Å². The predicted molar refractivity (Wildman–Crippen MR) is 191 cm³/mol. The molecule has 0 fully saturated rings. The Hall–Kier alpha value is -6.19. The summed E-state index contributed by atoms with van der Waals surface area (Å²) in [5.74, 6) is 0. The van der Waals surface area contributed by atoms with Crippen molar-refractivity contribution in [3.05, 3.63) is 162 Å². The summed E-state index contributed by atoms with van der Waals surface area (Å²) < 4.78 is 8.48. The van der Waals surface area contributed by atoms with Crippen molar-refractivity contribution in [3.63, 3.8) is 0 Å². The molecule has 0 amide bonds. The van der Waals surface area contributed by atoms with Crippen LogP contribution in [0.5, 0.6) is 0 Å². The van der Waals surface area contributed by atoms with Gasteiger partial charge in [-0.1, -0.05) is 103 Å². The van der Waals surface area contributed by atoms with Crippen LogP contribution in [0.15, 0.2) is 161 Å². The lowest BCUT2D eigenvalue weighted by Crippen LogP contribution is -2.01. The van der Waals surface area contributed by atoms with Crippen molar-refractivity contribution in [2.24, 2.45) is 0 Å². The minimum Gasteiger partial charge on any atom is -0.456 e. The molecule has 0 spiro atoms. The first kappa shape index (κ1) is 25.2. The van der Waals surface area contributed by atoms with Gasteiger partial charge >= 0.3 is 0 Å². The van der Waals surface area contributed by atoms with Crippen molar-refractivity contribution in [2.45, 2.75) is 0 Å². The van der Waals surface area contributed by atoms with Crippen molar-refractivity contribution in [2.75, 3.05) is 0 Å². The molecule has 214 valence electrons. The molecule has 0 aliphatic rings. The van der Waals surface area contributed by atoms with Crippen molar-refractivity contribution in [1.82, 2.24) is 4.40 Å². The summed E-state index contributed by atoms with van der Waals surface area (Å²) in [6.07, 6.45) is 0. The summed E-state index contributed by atoms with van der Waals surface area (Å²) in [5.41, 5.74) is 11.7. The second kappa shape index (κ2) is 9.40. The van der Waals surface area contributed by atoms with Gasteiger partial charge in [0.05, 0.1) is 27.3 Å². The van der Waals surface area contributed by atoms with E-state index in [1.165, 1.54) is 49.2 Å². The van der Waals surface area contributed by atoms with E-state index < -0.39 is 0 Å². The maximum atomic E-state index is 13.3. The summed E-state index contributed by atoms with van der Waals surface area (Å²) in [4.78, 5) is 13.3. The number of nitrogens with zero attached hydrogens (tertiary/aromatic N) is 1. The van der Waals surface area contributed by atoms with Gasteiger partial charge in [-0.2, -0.15) is 0 Å². The molecule has 3 aromatic heterocycles. The van der Waals surface area contributed by atoms with Crippen molar-refractivity contribution in [3.8, 4) is 33.4 Å². The Morgan fingerprint density at radius 1 is 0.413 bits per heavy atom. The lowest BCUT2D eigenvalue weighted by molar-refractivity contribution is 0.660. The smallest absolute Gasteiger partial charge is 0.200 e. The van der Waals surface area contributed by atoms with E-state index in [4.69, 9.17) is 4.42 Å². The summed E-state index contributed by atoms with van der Waals surface area (Å²) in [7, 11) is 0. The fourth-order valence-corrected chi connectivity index (χ4v) is 7.45. The molecule has 3 heteroatoms. The number of aromatic nitrogens is 1. The molecule has 0 atom stereocenters. The summed E-state index contributed by atoms with van der Waals surface area (Å²) >= 11 is 0. The zero-order valence-electron chi connectivity index (χ0n) is 24.7. The topological polar surface area (TPSA) is 34.6 Å². The Morgan fingerprint density at radius 3 is 1.85 bits per heavy atom. The highest BCUT2D eigenvalue weighted by atomic mass is 16.3. The third-order valence-corrected chi connectivity index (χ3v) is 9.53. The first-order valence-electron chi connectivity index (χ1n) is 15.6. The molecular formula is C43H25NO2. The van der Waals surface area contributed by atoms with Gasteiger partial charge in [-0.3, -0.25) is 4.79 Å². The van der Waals surface area contributed by atoms with E-state index in [2.05, 4.69) is 114 Å². The number of hydrogen-bond donors (Lipinski definition) is 0. The van der Waals surface area contributed by atoms with E-state index >= 15 is 0 Å². The molecule has 0 saturated heterocycles. The van der Waals surface area contributed by atoms with E-state index in [1.54, 1.807) is 0 Å². The third-order valence-electron chi connectivity index (χ3n) is 9.53. The average molecular weight is 588 g/mol. The molecule has 46 heavy (non-hydrogen) atoms. The molecule has 0 unspecified atom stereocenters. The average Bonchev–Trinajstić information content (AvgIpc) is 3.65. The van der Waals surface area contributed by atoms with E-state index in [0.29, 0.717) is 21.9 Å². The number of rotatable bonds is 3. The van der Waals surface area contributed by atoms with Crippen molar-refractivity contribution < 1.29 is 4.42 Å². The maximum absolute atomic E-state index is 13.3. The van der Waals surface area contributed by atoms with Gasteiger partial charge in [0.2, 0.25) is 5.43 Å². The first-order valence-corrected chi connectivity index (χ1v) is 15.6. The molecular weight excluding hydrogens is 562 g/mol. The molecule has 0 aliphatic heterocycles. The van der Waals surface area contributed by atoms with Crippen LogP contribution in [0.1, 0.15) is 0 Å². The second-order valence-electron chi connectivity index (χ2n) is 12.1. The first-order chi connectivity index (χ1) is 22.7. The molecule has 0 saturated carbocycles. The van der Waals surface area contributed by atoms with Crippen LogP contribution in [-0.4, -0.2) is 4.40 Å². The Morgan fingerprint density at radius 2 is 1.00 bits per heavy atom. The highest BCUT2D eigenvalue weighted by Gasteiger charge is 2.19. The molecule has 3 nitrogen and oxygen atoms in total. The zero-order valence-corrected chi connectivity index (χ0v) is 24.7. The SMILES string of the molecule is O=c1c2ccccc2oc2ccc(-c3cccc(-c4cccc(-c5cccc6c5c5cccc7c8ccccc8n6c75)c4)c3)cc12. The quantitative estimate of drug-likeness (QED) is 0.193. The summed E-state index contributed by atoms with van der Waals surface area (Å²) in [6, 6.07) is 52.7. The standard InChI is InChI=1S/C43H25NO2/c45-43-34-14-2-4-20-39(34)46-40-22-21-29(25-36(40)43)27-10-5-9-26(23-27)28-11-6-12-30(24-28)31-15-8-19-38-41(31)35-17-7-16-33-32-13-1-3-18-37(32)44(38)42(33)35/h1-25H. The molecule has 3 heterocycles. The maximum Gasteiger partial charge on any atom is 0.200 e. The minimum absolute atomic E-state index is 0.00615. The molecule has 10 aromatic rings.